The van der Waals surface area contributed by atoms with E-state index >= 15 is 0 Å². The normalized spacial score (nSPS) is 11.9. The Morgan fingerprint density at radius 3 is 2.29 bits per heavy atom. The van der Waals surface area contributed by atoms with Gasteiger partial charge in [-0.05, 0) is 38.7 Å². The van der Waals surface area contributed by atoms with E-state index in [4.69, 9.17) is 18.3 Å². The Labute approximate surface area is 107 Å². The van der Waals surface area contributed by atoms with Gasteiger partial charge in [0.05, 0.1) is 13.7 Å². The minimum Gasteiger partial charge on any atom is -0.447 e. The lowest BCUT2D eigenvalue weighted by molar-refractivity contribution is -0.200. The highest BCUT2D eigenvalue weighted by molar-refractivity contribution is 6.82. The zero-order chi connectivity index (χ0) is 13.4. The second-order valence-electron chi connectivity index (χ2n) is 4.82. The highest BCUT2D eigenvalue weighted by atomic mass is 28.4. The van der Waals surface area contributed by atoms with Crippen molar-refractivity contribution in [3.63, 3.8) is 0 Å². The van der Waals surface area contributed by atoms with Gasteiger partial charge in [-0.25, -0.2) is 4.89 Å². The van der Waals surface area contributed by atoms with E-state index in [1.165, 1.54) is 7.11 Å². The average molecular weight is 276 g/mol. The van der Waals surface area contributed by atoms with Crippen LogP contribution in [0.4, 0.5) is 0 Å². The Balaban J connectivity index is 3.96. The summed E-state index contributed by atoms with van der Waals surface area (Å²) in [6.45, 7) is 10.8. The van der Waals surface area contributed by atoms with Crippen LogP contribution in [0.3, 0.4) is 0 Å². The van der Waals surface area contributed by atoms with E-state index in [1.54, 1.807) is 6.92 Å². The Bertz CT molecular complexity index is 268. The summed E-state index contributed by atoms with van der Waals surface area (Å²) in [6.07, 6.45) is 3.56. The van der Waals surface area contributed by atoms with Gasteiger partial charge in [0.1, 0.15) is 6.11 Å². The molecule has 0 unspecified atom stereocenters. The Morgan fingerprint density at radius 2 is 1.76 bits per heavy atom. The van der Waals surface area contributed by atoms with Crippen molar-refractivity contribution in [3.8, 4) is 12.0 Å². The Morgan fingerprint density at radius 1 is 1.12 bits per heavy atom. The lowest BCUT2D eigenvalue weighted by Crippen LogP contribution is -2.46. The lowest BCUT2D eigenvalue weighted by atomic mass is 10.5. The quantitative estimate of drug-likeness (QED) is 0.225. The molecule has 0 aromatic rings. The van der Waals surface area contributed by atoms with Gasteiger partial charge in [0, 0.05) is 6.92 Å². The summed E-state index contributed by atoms with van der Waals surface area (Å²) in [4.78, 5) is 4.73. The molecule has 0 aliphatic carbocycles. The minimum absolute atomic E-state index is 0.660. The first-order valence-electron chi connectivity index (χ1n) is 5.78. The summed E-state index contributed by atoms with van der Waals surface area (Å²) in [5.41, 5.74) is 0. The topological polar surface area (TPSA) is 36.9 Å². The molecule has 0 bridgehead atoms. The van der Waals surface area contributed by atoms with Gasteiger partial charge in [0.2, 0.25) is 0 Å². The molecule has 0 rings (SSSR count). The molecule has 100 valence electrons. The third kappa shape index (κ3) is 9.38. The first-order chi connectivity index (χ1) is 7.83. The maximum atomic E-state index is 6.11. The maximum Gasteiger partial charge on any atom is 0.359 e. The highest BCUT2D eigenvalue weighted by Crippen LogP contribution is 2.20. The lowest BCUT2D eigenvalue weighted by Gasteiger charge is -2.31. The molecule has 0 radical (unpaired) electrons. The van der Waals surface area contributed by atoms with Gasteiger partial charge in [-0.15, -0.1) is 0 Å². The van der Waals surface area contributed by atoms with Crippen molar-refractivity contribution in [2.24, 2.45) is 0 Å². The number of ether oxygens (including phenoxy) is 1. The van der Waals surface area contributed by atoms with Crippen LogP contribution in [0, 0.1) is 12.0 Å². The summed E-state index contributed by atoms with van der Waals surface area (Å²) < 4.78 is 16.4. The van der Waals surface area contributed by atoms with Crippen molar-refractivity contribution in [3.05, 3.63) is 0 Å². The first kappa shape index (κ1) is 16.7. The molecule has 0 N–H and O–H groups in total. The summed E-state index contributed by atoms with van der Waals surface area (Å²) >= 11 is 0. The van der Waals surface area contributed by atoms with Gasteiger partial charge in [0.25, 0.3) is 0 Å². The molecule has 0 saturated heterocycles. The SMILES string of the molecule is CC#COCCC[Si](C)(C)O[Si](C)(C)OOC. The summed E-state index contributed by atoms with van der Waals surface area (Å²) in [6, 6.07) is 1.03. The van der Waals surface area contributed by atoms with Gasteiger partial charge in [-0.2, -0.15) is 0 Å². The molecular weight excluding hydrogens is 252 g/mol. The fourth-order valence-electron chi connectivity index (χ4n) is 1.63. The highest BCUT2D eigenvalue weighted by Gasteiger charge is 2.35. The number of hydrogen-bond acceptors (Lipinski definition) is 4. The van der Waals surface area contributed by atoms with Crippen LogP contribution >= 0.6 is 0 Å². The third-order valence-electron chi connectivity index (χ3n) is 2.01. The van der Waals surface area contributed by atoms with Gasteiger partial charge < -0.3 is 8.85 Å². The zero-order valence-electron chi connectivity index (χ0n) is 11.8. The van der Waals surface area contributed by atoms with Gasteiger partial charge in [-0.1, -0.05) is 5.92 Å². The molecule has 0 heterocycles. The van der Waals surface area contributed by atoms with E-state index < -0.39 is 16.9 Å². The van der Waals surface area contributed by atoms with Crippen LogP contribution in [-0.2, 0) is 18.3 Å². The van der Waals surface area contributed by atoms with E-state index in [0.717, 1.165) is 12.5 Å². The van der Waals surface area contributed by atoms with E-state index in [1.807, 2.05) is 13.1 Å². The molecule has 0 aliphatic rings. The summed E-state index contributed by atoms with van der Waals surface area (Å²) in [7, 11) is -2.33. The predicted octanol–water partition coefficient (Wildman–Crippen LogP) is 2.88. The summed E-state index contributed by atoms with van der Waals surface area (Å²) in [5, 5.41) is 0. The van der Waals surface area contributed by atoms with E-state index in [0.29, 0.717) is 6.61 Å². The van der Waals surface area contributed by atoms with Crippen molar-refractivity contribution in [2.75, 3.05) is 13.7 Å². The van der Waals surface area contributed by atoms with Gasteiger partial charge >= 0.3 is 8.56 Å². The van der Waals surface area contributed by atoms with Crippen molar-refractivity contribution < 1.29 is 18.3 Å². The largest absolute Gasteiger partial charge is 0.447 e. The second kappa shape index (κ2) is 7.90. The predicted molar refractivity (Wildman–Crippen MR) is 73.0 cm³/mol. The van der Waals surface area contributed by atoms with Crippen LogP contribution in [0.1, 0.15) is 13.3 Å². The van der Waals surface area contributed by atoms with Crippen molar-refractivity contribution in [2.45, 2.75) is 45.6 Å². The molecular formula is C11H24O4Si2. The zero-order valence-corrected chi connectivity index (χ0v) is 13.8. The molecule has 0 saturated carbocycles. The maximum absolute atomic E-state index is 6.11. The molecule has 0 atom stereocenters. The molecule has 6 heteroatoms. The molecule has 0 aromatic carbocycles. The van der Waals surface area contributed by atoms with E-state index in [2.05, 4.69) is 25.1 Å². The Hall–Kier alpha value is -0.326. The fourth-order valence-corrected chi connectivity index (χ4v) is 8.89. The minimum atomic E-state index is -2.14. The number of rotatable bonds is 8. The van der Waals surface area contributed by atoms with Crippen molar-refractivity contribution in [1.29, 1.82) is 0 Å². The van der Waals surface area contributed by atoms with E-state index in [9.17, 15) is 0 Å². The van der Waals surface area contributed by atoms with Crippen molar-refractivity contribution in [1.82, 2.24) is 0 Å². The molecule has 0 spiro atoms. The van der Waals surface area contributed by atoms with E-state index in [-0.39, 0.29) is 0 Å². The standard InChI is InChI=1S/C11H24O4Si2/c1-7-9-13-10-8-11-16(3,4)15-17(5,6)14-12-2/h8,10-11H2,1-6H3. The van der Waals surface area contributed by atoms with Gasteiger partial charge in [-0.3, -0.25) is 4.58 Å². The monoisotopic (exact) mass is 276 g/mol. The van der Waals surface area contributed by atoms with Crippen LogP contribution < -0.4 is 0 Å². The van der Waals surface area contributed by atoms with Gasteiger partial charge in [0.15, 0.2) is 8.32 Å². The van der Waals surface area contributed by atoms with Crippen LogP contribution in [0.15, 0.2) is 0 Å². The molecule has 17 heavy (non-hydrogen) atoms. The van der Waals surface area contributed by atoms with Crippen molar-refractivity contribution >= 4 is 16.9 Å². The van der Waals surface area contributed by atoms with Crippen LogP contribution in [0.2, 0.25) is 32.2 Å². The molecule has 0 amide bonds. The fraction of sp³-hybridized carbons (Fsp3) is 0.818. The molecule has 0 aliphatic heterocycles. The average Bonchev–Trinajstić information content (AvgIpc) is 2.15. The van der Waals surface area contributed by atoms with Crippen LogP contribution in [0.25, 0.3) is 0 Å². The molecule has 0 aromatic heterocycles. The molecule has 0 fully saturated rings. The van der Waals surface area contributed by atoms with Crippen LogP contribution in [-0.4, -0.2) is 30.6 Å². The Kier molecular flexibility index (Phi) is 7.74. The number of hydrogen-bond donors (Lipinski definition) is 0. The van der Waals surface area contributed by atoms with Crippen LogP contribution in [0.5, 0.6) is 0 Å². The first-order valence-corrected chi connectivity index (χ1v) is 11.7. The third-order valence-corrected chi connectivity index (χ3v) is 8.31. The summed E-state index contributed by atoms with van der Waals surface area (Å²) in [5.74, 6) is 2.70. The molecule has 4 nitrogen and oxygen atoms in total. The second-order valence-corrected chi connectivity index (χ2v) is 12.6. The smallest absolute Gasteiger partial charge is 0.359 e.